The summed E-state index contributed by atoms with van der Waals surface area (Å²) in [7, 11) is 0. The maximum Gasteiger partial charge on any atom is 0.195 e. The molecule has 0 saturated heterocycles. The summed E-state index contributed by atoms with van der Waals surface area (Å²) in [5, 5.41) is 7.20. The molecule has 0 aliphatic heterocycles. The second-order valence-electron chi connectivity index (χ2n) is 4.66. The van der Waals surface area contributed by atoms with Gasteiger partial charge in [0.25, 0.3) is 0 Å². The van der Waals surface area contributed by atoms with Crippen LogP contribution in [0.1, 0.15) is 33.2 Å². The fourth-order valence-corrected chi connectivity index (χ4v) is 2.51. The Bertz CT molecular complexity index is 556. The summed E-state index contributed by atoms with van der Waals surface area (Å²) in [6.45, 7) is 6.57. The van der Waals surface area contributed by atoms with E-state index in [4.69, 9.17) is 12.2 Å². The number of aromatic amines is 1. The lowest BCUT2D eigenvalue weighted by Gasteiger charge is -2.22. The van der Waals surface area contributed by atoms with E-state index in [1.165, 1.54) is 0 Å². The monoisotopic (exact) mass is 262 g/mol. The molecule has 2 rings (SSSR count). The zero-order valence-corrected chi connectivity index (χ0v) is 11.7. The maximum absolute atomic E-state index is 5.35. The molecule has 0 amide bonds. The van der Waals surface area contributed by atoms with E-state index in [1.54, 1.807) is 6.20 Å². The fraction of sp³-hybridized carbons (Fsp3) is 0.462. The van der Waals surface area contributed by atoms with Crippen LogP contribution in [0.5, 0.6) is 0 Å². The molecule has 0 aliphatic carbocycles. The average molecular weight is 262 g/mol. The van der Waals surface area contributed by atoms with Gasteiger partial charge in [-0.2, -0.15) is 5.10 Å². The van der Waals surface area contributed by atoms with Gasteiger partial charge in [-0.1, -0.05) is 26.8 Å². The fourth-order valence-electron chi connectivity index (χ4n) is 2.24. The van der Waals surface area contributed by atoms with Crippen molar-refractivity contribution in [3.63, 3.8) is 0 Å². The van der Waals surface area contributed by atoms with Crippen molar-refractivity contribution in [1.29, 1.82) is 0 Å². The third kappa shape index (κ3) is 2.36. The molecule has 5 heteroatoms. The highest BCUT2D eigenvalue weighted by atomic mass is 32.1. The first-order valence-corrected chi connectivity index (χ1v) is 6.64. The molecule has 2 aromatic rings. The zero-order chi connectivity index (χ0) is 13.1. The van der Waals surface area contributed by atoms with Crippen LogP contribution in [0.25, 0.3) is 11.5 Å². The Labute approximate surface area is 112 Å². The SMILES string of the molecule is CCC(C(C)C)n1c(-c2ccccn2)n[nH]c1=S. The molecule has 96 valence electrons. The van der Waals surface area contributed by atoms with E-state index < -0.39 is 0 Å². The van der Waals surface area contributed by atoms with Crippen LogP contribution < -0.4 is 0 Å². The van der Waals surface area contributed by atoms with Crippen LogP contribution in [0.2, 0.25) is 0 Å². The number of H-pyrrole nitrogens is 1. The first kappa shape index (κ1) is 13.0. The molecule has 2 heterocycles. The largest absolute Gasteiger partial charge is 0.295 e. The number of hydrogen-bond donors (Lipinski definition) is 1. The highest BCUT2D eigenvalue weighted by molar-refractivity contribution is 7.71. The number of nitrogens with one attached hydrogen (secondary N) is 1. The molecule has 0 saturated carbocycles. The van der Waals surface area contributed by atoms with Gasteiger partial charge in [0.2, 0.25) is 0 Å². The van der Waals surface area contributed by atoms with Crippen LogP contribution in [0.3, 0.4) is 0 Å². The summed E-state index contributed by atoms with van der Waals surface area (Å²) in [4.78, 5) is 4.35. The number of pyridine rings is 1. The third-order valence-electron chi connectivity index (χ3n) is 3.12. The van der Waals surface area contributed by atoms with E-state index in [0.29, 0.717) is 16.7 Å². The van der Waals surface area contributed by atoms with Crippen LogP contribution in [0.4, 0.5) is 0 Å². The van der Waals surface area contributed by atoms with Crippen molar-refractivity contribution < 1.29 is 0 Å². The summed E-state index contributed by atoms with van der Waals surface area (Å²) >= 11 is 5.35. The van der Waals surface area contributed by atoms with Crippen LogP contribution >= 0.6 is 12.2 Å². The van der Waals surface area contributed by atoms with Gasteiger partial charge >= 0.3 is 0 Å². The molecule has 0 spiro atoms. The molecule has 0 radical (unpaired) electrons. The van der Waals surface area contributed by atoms with Crippen molar-refractivity contribution in [3.8, 4) is 11.5 Å². The van der Waals surface area contributed by atoms with Crippen LogP contribution in [0, 0.1) is 10.7 Å². The van der Waals surface area contributed by atoms with Crippen LogP contribution in [0.15, 0.2) is 24.4 Å². The molecule has 4 nitrogen and oxygen atoms in total. The van der Waals surface area contributed by atoms with E-state index in [2.05, 4.69) is 40.5 Å². The van der Waals surface area contributed by atoms with E-state index >= 15 is 0 Å². The van der Waals surface area contributed by atoms with E-state index in [-0.39, 0.29) is 0 Å². The molecule has 0 fully saturated rings. The van der Waals surface area contributed by atoms with Gasteiger partial charge in [-0.05, 0) is 36.7 Å². The first-order valence-electron chi connectivity index (χ1n) is 6.23. The predicted octanol–water partition coefficient (Wildman–Crippen LogP) is 3.61. The van der Waals surface area contributed by atoms with Crippen molar-refractivity contribution in [1.82, 2.24) is 19.7 Å². The minimum atomic E-state index is 0.341. The normalized spacial score (nSPS) is 12.9. The summed E-state index contributed by atoms with van der Waals surface area (Å²) < 4.78 is 2.75. The Balaban J connectivity index is 2.55. The Morgan fingerprint density at radius 3 is 2.72 bits per heavy atom. The zero-order valence-electron chi connectivity index (χ0n) is 10.9. The number of nitrogens with zero attached hydrogens (tertiary/aromatic N) is 3. The van der Waals surface area contributed by atoms with Gasteiger partial charge in [0.15, 0.2) is 10.6 Å². The highest BCUT2D eigenvalue weighted by Crippen LogP contribution is 2.26. The van der Waals surface area contributed by atoms with Crippen LogP contribution in [-0.2, 0) is 0 Å². The molecular formula is C13H18N4S. The molecule has 1 N–H and O–H groups in total. The molecule has 0 aliphatic rings. The van der Waals surface area contributed by atoms with Gasteiger partial charge in [-0.25, -0.2) is 0 Å². The molecular weight excluding hydrogens is 244 g/mol. The second-order valence-corrected chi connectivity index (χ2v) is 5.04. The van der Waals surface area contributed by atoms with Crippen molar-refractivity contribution >= 4 is 12.2 Å². The summed E-state index contributed by atoms with van der Waals surface area (Å²) in [6.07, 6.45) is 2.79. The van der Waals surface area contributed by atoms with Gasteiger partial charge in [-0.15, -0.1) is 0 Å². The van der Waals surface area contributed by atoms with Gasteiger partial charge < -0.3 is 0 Å². The summed E-state index contributed by atoms with van der Waals surface area (Å²) in [5.74, 6) is 1.32. The molecule has 18 heavy (non-hydrogen) atoms. The standard InChI is InChI=1S/C13H18N4S/c1-4-11(9(2)3)17-12(15-16-13(17)18)10-7-5-6-8-14-10/h5-9,11H,4H2,1-3H3,(H,16,18). The highest BCUT2D eigenvalue weighted by Gasteiger charge is 2.20. The molecule has 0 aromatic carbocycles. The summed E-state index contributed by atoms with van der Waals surface area (Å²) in [6, 6.07) is 6.15. The van der Waals surface area contributed by atoms with Crippen molar-refractivity contribution in [3.05, 3.63) is 29.2 Å². The lowest BCUT2D eigenvalue weighted by Crippen LogP contribution is -2.16. The Kier molecular flexibility index (Phi) is 3.91. The third-order valence-corrected chi connectivity index (χ3v) is 3.41. The number of hydrogen-bond acceptors (Lipinski definition) is 3. The molecule has 0 bridgehead atoms. The van der Waals surface area contributed by atoms with E-state index in [9.17, 15) is 0 Å². The second kappa shape index (κ2) is 5.44. The van der Waals surface area contributed by atoms with Crippen molar-refractivity contribution in [2.75, 3.05) is 0 Å². The molecule has 2 aromatic heterocycles. The lowest BCUT2D eigenvalue weighted by molar-refractivity contribution is 0.364. The van der Waals surface area contributed by atoms with Gasteiger partial charge in [-0.3, -0.25) is 14.6 Å². The Hall–Kier alpha value is -1.49. The minimum Gasteiger partial charge on any atom is -0.295 e. The van der Waals surface area contributed by atoms with Gasteiger partial charge in [0.1, 0.15) is 5.69 Å². The molecule has 1 atom stereocenters. The Morgan fingerprint density at radius 1 is 1.39 bits per heavy atom. The summed E-state index contributed by atoms with van der Waals surface area (Å²) in [5.41, 5.74) is 0.851. The lowest BCUT2D eigenvalue weighted by atomic mass is 10.0. The topological polar surface area (TPSA) is 46.5 Å². The van der Waals surface area contributed by atoms with Crippen molar-refractivity contribution in [2.45, 2.75) is 33.2 Å². The number of aromatic nitrogens is 4. The van der Waals surface area contributed by atoms with Crippen LogP contribution in [-0.4, -0.2) is 19.7 Å². The molecule has 1 unspecified atom stereocenters. The Morgan fingerprint density at radius 2 is 2.17 bits per heavy atom. The van der Waals surface area contributed by atoms with E-state index in [0.717, 1.165) is 17.9 Å². The van der Waals surface area contributed by atoms with Crippen molar-refractivity contribution in [2.24, 2.45) is 5.92 Å². The van der Waals surface area contributed by atoms with Gasteiger partial charge in [0, 0.05) is 12.2 Å². The smallest absolute Gasteiger partial charge is 0.195 e. The minimum absolute atomic E-state index is 0.341. The average Bonchev–Trinajstić information content (AvgIpc) is 2.74. The number of rotatable bonds is 4. The van der Waals surface area contributed by atoms with Gasteiger partial charge in [0.05, 0.1) is 0 Å². The quantitative estimate of drug-likeness (QED) is 0.856. The maximum atomic E-state index is 5.35. The first-order chi connectivity index (χ1) is 8.65. The predicted molar refractivity (Wildman–Crippen MR) is 74.8 cm³/mol. The van der Waals surface area contributed by atoms with E-state index in [1.807, 2.05) is 18.2 Å².